The Morgan fingerprint density at radius 1 is 0.943 bits per heavy atom. The number of fused-ring (bicyclic) bond motifs is 3. The largest absolute Gasteiger partial charge is 0.454 e. The first-order valence-corrected chi connectivity index (χ1v) is 11.4. The van der Waals surface area contributed by atoms with E-state index >= 15 is 0 Å². The highest BCUT2D eigenvalue weighted by atomic mass is 16.7. The number of H-pyrrole nitrogens is 1. The van der Waals surface area contributed by atoms with Crippen LogP contribution in [-0.2, 0) is 11.3 Å². The minimum Gasteiger partial charge on any atom is -0.454 e. The molecule has 35 heavy (non-hydrogen) atoms. The minimum atomic E-state index is -0.412. The van der Waals surface area contributed by atoms with Gasteiger partial charge < -0.3 is 19.3 Å². The van der Waals surface area contributed by atoms with Crippen molar-refractivity contribution in [2.75, 3.05) is 37.9 Å². The lowest BCUT2D eigenvalue weighted by atomic mass is 9.90. The Bertz CT molecular complexity index is 1430. The molecule has 0 spiro atoms. The lowest BCUT2D eigenvalue weighted by Crippen LogP contribution is -2.49. The second-order valence-corrected chi connectivity index (χ2v) is 8.59. The number of aromatic nitrogens is 3. The number of hydrogen-bond acceptors (Lipinski definition) is 7. The van der Waals surface area contributed by atoms with Gasteiger partial charge in [-0.15, -0.1) is 0 Å². The van der Waals surface area contributed by atoms with E-state index < -0.39 is 11.6 Å². The Kier molecular flexibility index (Phi) is 4.90. The van der Waals surface area contributed by atoms with Crippen LogP contribution in [0.25, 0.3) is 0 Å². The van der Waals surface area contributed by atoms with Crippen molar-refractivity contribution in [3.8, 4) is 11.5 Å². The second-order valence-electron chi connectivity index (χ2n) is 8.59. The van der Waals surface area contributed by atoms with Crippen LogP contribution in [0.4, 0.5) is 5.69 Å². The molecular weight excluding hydrogens is 454 g/mol. The molecule has 2 aromatic carbocycles. The SMILES string of the molecule is O=C1c2ccccc2C(=O)c2c1[nH][n+](=O)n2CCC(=O)N1CCN(c2ccc3c(c2)OCO3)CC1. The summed E-state index contributed by atoms with van der Waals surface area (Å²) in [4.78, 5) is 55.1. The zero-order chi connectivity index (χ0) is 24.1. The van der Waals surface area contributed by atoms with Gasteiger partial charge in [0.15, 0.2) is 22.9 Å². The van der Waals surface area contributed by atoms with Crippen molar-refractivity contribution in [1.29, 1.82) is 0 Å². The summed E-state index contributed by atoms with van der Waals surface area (Å²) in [6.45, 7) is 2.58. The number of carbonyl (C=O) groups excluding carboxylic acids is 3. The molecule has 0 unspecified atom stereocenters. The summed E-state index contributed by atoms with van der Waals surface area (Å²) in [6.07, 6.45) is 0.0321. The fourth-order valence-electron chi connectivity index (χ4n) is 4.82. The second kappa shape index (κ2) is 8.12. The predicted molar refractivity (Wildman–Crippen MR) is 121 cm³/mol. The number of benzene rings is 2. The van der Waals surface area contributed by atoms with E-state index in [1.807, 2.05) is 18.2 Å². The zero-order valence-corrected chi connectivity index (χ0v) is 18.7. The Morgan fingerprint density at radius 3 is 2.43 bits per heavy atom. The summed E-state index contributed by atoms with van der Waals surface area (Å²) < 4.78 is 12.3. The lowest BCUT2D eigenvalue weighted by molar-refractivity contribution is -0.652. The molecule has 3 aromatic rings. The first-order valence-electron chi connectivity index (χ1n) is 11.4. The summed E-state index contributed by atoms with van der Waals surface area (Å²) in [5.41, 5.74) is 1.46. The van der Waals surface area contributed by atoms with Crippen molar-refractivity contribution in [2.45, 2.75) is 13.0 Å². The number of aromatic amines is 1. The number of piperazine rings is 1. The molecule has 1 fully saturated rings. The average molecular weight is 476 g/mol. The standard InChI is InChI=1S/C24H21N5O6/c30-20(27-11-9-26(10-12-27)15-5-6-18-19(13-15)35-14-34-18)7-8-28-22-21(25-29(28)33)23(31)16-3-1-2-4-17(16)24(22)32/h1-6,13H,7-12,14H2/p+1. The number of ketones is 2. The van der Waals surface area contributed by atoms with Crippen molar-refractivity contribution in [3.05, 3.63) is 69.9 Å². The van der Waals surface area contributed by atoms with Crippen LogP contribution < -0.4 is 19.0 Å². The summed E-state index contributed by atoms with van der Waals surface area (Å²) in [5, 5.41) is 2.43. The number of carbonyl (C=O) groups is 3. The Balaban J connectivity index is 1.12. The van der Waals surface area contributed by atoms with Gasteiger partial charge in [0.1, 0.15) is 0 Å². The van der Waals surface area contributed by atoms with Gasteiger partial charge in [-0.05, 0) is 12.1 Å². The van der Waals surface area contributed by atoms with Crippen molar-refractivity contribution in [1.82, 2.24) is 14.7 Å². The number of nitrogens with zero attached hydrogens (tertiary/aromatic N) is 4. The highest BCUT2D eigenvalue weighted by Crippen LogP contribution is 2.35. The molecule has 1 saturated heterocycles. The molecule has 3 aliphatic rings. The van der Waals surface area contributed by atoms with Gasteiger partial charge in [-0.25, -0.2) is 0 Å². The molecule has 0 radical (unpaired) electrons. The number of rotatable bonds is 4. The molecule has 11 heteroatoms. The van der Waals surface area contributed by atoms with E-state index in [0.717, 1.165) is 21.9 Å². The highest BCUT2D eigenvalue weighted by Gasteiger charge is 2.39. The van der Waals surface area contributed by atoms with Crippen LogP contribution in [0.3, 0.4) is 0 Å². The normalized spacial score (nSPS) is 16.3. The maximum atomic E-state index is 13.0. The maximum Gasteiger partial charge on any atom is 0.258 e. The quantitative estimate of drug-likeness (QED) is 0.436. The van der Waals surface area contributed by atoms with Gasteiger partial charge in [0.25, 0.3) is 4.66 Å². The van der Waals surface area contributed by atoms with Gasteiger partial charge in [0.05, 0.1) is 17.9 Å². The van der Waals surface area contributed by atoms with Gasteiger partial charge in [-0.3, -0.25) is 14.4 Å². The number of ether oxygens (including phenoxy) is 2. The van der Waals surface area contributed by atoms with Gasteiger partial charge in [-0.1, -0.05) is 34.0 Å². The Hall–Kier alpha value is -4.41. The molecule has 11 nitrogen and oxygen atoms in total. The van der Waals surface area contributed by atoms with E-state index in [0.29, 0.717) is 30.8 Å². The van der Waals surface area contributed by atoms with E-state index in [-0.39, 0.29) is 48.2 Å². The van der Waals surface area contributed by atoms with E-state index in [4.69, 9.17) is 9.47 Å². The van der Waals surface area contributed by atoms with Crippen LogP contribution in [0.2, 0.25) is 0 Å². The summed E-state index contributed by atoms with van der Waals surface area (Å²) in [5.74, 6) is 0.504. The molecule has 3 heterocycles. The molecule has 0 bridgehead atoms. The van der Waals surface area contributed by atoms with Gasteiger partial charge >= 0.3 is 0 Å². The molecule has 0 saturated carbocycles. The van der Waals surface area contributed by atoms with E-state index in [1.165, 1.54) is 0 Å². The molecule has 178 valence electrons. The van der Waals surface area contributed by atoms with Crippen molar-refractivity contribution >= 4 is 23.2 Å². The van der Waals surface area contributed by atoms with Gasteiger partial charge in [0.2, 0.25) is 24.3 Å². The lowest BCUT2D eigenvalue weighted by Gasteiger charge is -2.36. The molecule has 1 aromatic heterocycles. The highest BCUT2D eigenvalue weighted by molar-refractivity contribution is 6.26. The van der Waals surface area contributed by atoms with Crippen LogP contribution in [0.15, 0.2) is 42.5 Å². The van der Waals surface area contributed by atoms with E-state index in [1.54, 1.807) is 29.2 Å². The van der Waals surface area contributed by atoms with Crippen LogP contribution >= 0.6 is 0 Å². The number of nitrogens with one attached hydrogen (secondary N) is 1. The first-order chi connectivity index (χ1) is 17.0. The number of amides is 1. The van der Waals surface area contributed by atoms with Crippen LogP contribution in [0.5, 0.6) is 11.5 Å². The van der Waals surface area contributed by atoms with Crippen LogP contribution in [0, 0.1) is 4.91 Å². The third kappa shape index (κ3) is 3.47. The maximum absolute atomic E-state index is 13.0. The van der Waals surface area contributed by atoms with E-state index in [9.17, 15) is 19.3 Å². The van der Waals surface area contributed by atoms with Crippen LogP contribution in [0.1, 0.15) is 38.5 Å². The molecule has 2 aliphatic heterocycles. The summed E-state index contributed by atoms with van der Waals surface area (Å²) in [7, 11) is 0. The summed E-state index contributed by atoms with van der Waals surface area (Å²) in [6, 6.07) is 12.3. The topological polar surface area (TPSA) is 120 Å². The Labute approximate surface area is 199 Å². The fourth-order valence-corrected chi connectivity index (χ4v) is 4.82. The van der Waals surface area contributed by atoms with Crippen molar-refractivity contribution in [2.24, 2.45) is 0 Å². The number of anilines is 1. The van der Waals surface area contributed by atoms with Gasteiger partial charge in [-0.2, -0.15) is 0 Å². The monoisotopic (exact) mass is 476 g/mol. The van der Waals surface area contributed by atoms with Crippen molar-refractivity contribution in [3.63, 3.8) is 0 Å². The number of hydrogen-bond donors (Lipinski definition) is 1. The third-order valence-corrected chi connectivity index (χ3v) is 6.67. The summed E-state index contributed by atoms with van der Waals surface area (Å²) >= 11 is 0. The molecule has 1 aliphatic carbocycles. The van der Waals surface area contributed by atoms with Gasteiger partial charge in [0, 0.05) is 49.1 Å². The fraction of sp³-hybridized carbons (Fsp3) is 0.292. The van der Waals surface area contributed by atoms with Crippen LogP contribution in [-0.4, -0.2) is 65.1 Å². The Morgan fingerprint density at radius 2 is 1.66 bits per heavy atom. The first kappa shape index (κ1) is 21.1. The van der Waals surface area contributed by atoms with Crippen molar-refractivity contribution < 1.29 is 28.5 Å². The zero-order valence-electron chi connectivity index (χ0n) is 18.7. The third-order valence-electron chi connectivity index (χ3n) is 6.67. The average Bonchev–Trinajstić information content (AvgIpc) is 3.49. The molecular formula is C24H22N5O6+. The molecule has 6 rings (SSSR count). The predicted octanol–water partition coefficient (Wildman–Crippen LogP) is 0.974. The molecule has 0 atom stereocenters. The minimum absolute atomic E-state index is 0.0101. The van der Waals surface area contributed by atoms with E-state index in [2.05, 4.69) is 10.00 Å². The molecule has 1 amide bonds. The smallest absolute Gasteiger partial charge is 0.258 e. The molecule has 1 N–H and O–H groups in total.